The first-order chi connectivity index (χ1) is 6.91. The van der Waals surface area contributed by atoms with Crippen molar-refractivity contribution in [1.82, 2.24) is 0 Å². The summed E-state index contributed by atoms with van der Waals surface area (Å²) in [6.07, 6.45) is 11.7. The zero-order valence-electron chi connectivity index (χ0n) is 8.96. The van der Waals surface area contributed by atoms with E-state index in [4.69, 9.17) is 0 Å². The monoisotopic (exact) mass is 197 g/mol. The summed E-state index contributed by atoms with van der Waals surface area (Å²) >= 11 is 0. The highest BCUT2D eigenvalue weighted by atomic mass is 16.5. The molecule has 0 aromatic rings. The van der Waals surface area contributed by atoms with E-state index in [1.807, 2.05) is 6.08 Å². The Labute approximate surface area is 87.3 Å². The molecule has 0 bridgehead atoms. The summed E-state index contributed by atoms with van der Waals surface area (Å²) in [4.78, 5) is 9.69. The topological polar surface area (TPSA) is 26.3 Å². The normalized spacial score (nSPS) is 9.71. The Bertz CT molecular complexity index is 116. The molecule has 2 nitrogen and oxygen atoms in total. The molecule has 0 rings (SSSR count). The van der Waals surface area contributed by atoms with E-state index < -0.39 is 0 Å². The van der Waals surface area contributed by atoms with Crippen molar-refractivity contribution in [2.24, 2.45) is 0 Å². The maximum absolute atomic E-state index is 9.69. The van der Waals surface area contributed by atoms with Crippen LogP contribution in [0.4, 0.5) is 0 Å². The predicted octanol–water partition coefficient (Wildman–Crippen LogP) is 3.38. The molecule has 14 heavy (non-hydrogen) atoms. The fraction of sp³-hybridized carbons (Fsp3) is 0.750. The van der Waals surface area contributed by atoms with Crippen LogP contribution < -0.4 is 0 Å². The second-order valence-corrected chi connectivity index (χ2v) is 3.48. The van der Waals surface area contributed by atoms with Gasteiger partial charge >= 0.3 is 6.47 Å². The number of hydrogen-bond acceptors (Lipinski definition) is 2. The van der Waals surface area contributed by atoms with Crippen LogP contribution in [0.3, 0.4) is 0 Å². The lowest BCUT2D eigenvalue weighted by atomic mass is 10.1. The number of carbonyl (C=O) groups excluding carboxylic acids is 1. The molecule has 0 aliphatic carbocycles. The van der Waals surface area contributed by atoms with Crippen LogP contribution in [0.15, 0.2) is 12.7 Å². The van der Waals surface area contributed by atoms with Gasteiger partial charge in [-0.25, -0.2) is 4.79 Å². The van der Waals surface area contributed by atoms with Gasteiger partial charge in [-0.1, -0.05) is 38.2 Å². The van der Waals surface area contributed by atoms with Crippen molar-refractivity contribution in [3.05, 3.63) is 12.7 Å². The first kappa shape index (κ1) is 13.2. The summed E-state index contributed by atoms with van der Waals surface area (Å²) in [6.45, 7) is 5.65. The van der Waals surface area contributed by atoms with E-state index in [0.29, 0.717) is 6.61 Å². The van der Waals surface area contributed by atoms with Crippen LogP contribution in [0, 0.1) is 0 Å². The van der Waals surface area contributed by atoms with Gasteiger partial charge in [0.25, 0.3) is 0 Å². The van der Waals surface area contributed by atoms with Gasteiger partial charge in [0.05, 0.1) is 6.61 Å². The number of ether oxygens (including phenoxy) is 1. The fourth-order valence-corrected chi connectivity index (χ4v) is 1.39. The SMILES string of the molecule is C=CCCCCCCCCCO[C]=O. The fourth-order valence-electron chi connectivity index (χ4n) is 1.39. The summed E-state index contributed by atoms with van der Waals surface area (Å²) in [5.74, 6) is 0. The van der Waals surface area contributed by atoms with Gasteiger partial charge in [-0.3, -0.25) is 0 Å². The second kappa shape index (κ2) is 12.2. The molecule has 1 radical (unpaired) electrons. The van der Waals surface area contributed by atoms with Crippen molar-refractivity contribution in [2.75, 3.05) is 6.61 Å². The Morgan fingerprint density at radius 2 is 1.57 bits per heavy atom. The minimum Gasteiger partial charge on any atom is -0.457 e. The summed E-state index contributed by atoms with van der Waals surface area (Å²) in [5, 5.41) is 0. The highest BCUT2D eigenvalue weighted by molar-refractivity contribution is 5.37. The zero-order chi connectivity index (χ0) is 10.5. The van der Waals surface area contributed by atoms with Crippen LogP contribution in [0.5, 0.6) is 0 Å². The first-order valence-corrected chi connectivity index (χ1v) is 5.51. The Morgan fingerprint density at radius 3 is 2.14 bits per heavy atom. The Hall–Kier alpha value is -0.790. The third-order valence-electron chi connectivity index (χ3n) is 2.21. The molecular weight excluding hydrogens is 176 g/mol. The summed E-state index contributed by atoms with van der Waals surface area (Å²) in [5.41, 5.74) is 0. The molecule has 0 atom stereocenters. The molecule has 2 heteroatoms. The zero-order valence-corrected chi connectivity index (χ0v) is 8.96. The molecule has 0 aromatic heterocycles. The standard InChI is InChI=1S/C12H21O2/c1-2-3-4-5-6-7-8-9-10-11-14-12-13/h2H,1,3-11H2. The number of rotatable bonds is 11. The first-order valence-electron chi connectivity index (χ1n) is 5.51. The molecule has 0 saturated heterocycles. The van der Waals surface area contributed by atoms with Crippen molar-refractivity contribution in [3.8, 4) is 0 Å². The molecule has 0 unspecified atom stereocenters. The van der Waals surface area contributed by atoms with Crippen LogP contribution in [0.25, 0.3) is 0 Å². The highest BCUT2D eigenvalue weighted by Gasteiger charge is 1.91. The van der Waals surface area contributed by atoms with Crippen LogP contribution >= 0.6 is 0 Å². The lowest BCUT2D eigenvalue weighted by molar-refractivity contribution is 0.268. The van der Waals surface area contributed by atoms with Gasteiger partial charge in [-0.2, -0.15) is 0 Å². The van der Waals surface area contributed by atoms with Gasteiger partial charge in [0.15, 0.2) is 0 Å². The Kier molecular flexibility index (Phi) is 11.5. The average molecular weight is 197 g/mol. The van der Waals surface area contributed by atoms with Gasteiger partial charge in [0.1, 0.15) is 0 Å². The van der Waals surface area contributed by atoms with E-state index in [-0.39, 0.29) is 0 Å². The predicted molar refractivity (Wildman–Crippen MR) is 58.8 cm³/mol. The molecule has 0 saturated carbocycles. The van der Waals surface area contributed by atoms with Crippen molar-refractivity contribution >= 4 is 6.47 Å². The molecule has 0 aliphatic heterocycles. The molecule has 0 N–H and O–H groups in total. The van der Waals surface area contributed by atoms with Crippen LogP contribution in [-0.4, -0.2) is 13.1 Å². The minimum atomic E-state index is 0.528. The Balaban J connectivity index is 2.84. The molecule has 81 valence electrons. The van der Waals surface area contributed by atoms with Crippen molar-refractivity contribution in [3.63, 3.8) is 0 Å². The maximum Gasteiger partial charge on any atom is 0.417 e. The van der Waals surface area contributed by atoms with E-state index in [0.717, 1.165) is 19.3 Å². The van der Waals surface area contributed by atoms with Crippen molar-refractivity contribution in [1.29, 1.82) is 0 Å². The van der Waals surface area contributed by atoms with Gasteiger partial charge in [-0.05, 0) is 19.3 Å². The Morgan fingerprint density at radius 1 is 1.00 bits per heavy atom. The van der Waals surface area contributed by atoms with E-state index in [1.165, 1.54) is 38.6 Å². The van der Waals surface area contributed by atoms with Crippen molar-refractivity contribution < 1.29 is 9.53 Å². The lowest BCUT2D eigenvalue weighted by Crippen LogP contribution is -1.91. The third-order valence-corrected chi connectivity index (χ3v) is 2.21. The van der Waals surface area contributed by atoms with Gasteiger partial charge in [0.2, 0.25) is 0 Å². The average Bonchev–Trinajstić information content (AvgIpc) is 2.21. The van der Waals surface area contributed by atoms with Gasteiger partial charge < -0.3 is 4.74 Å². The van der Waals surface area contributed by atoms with Crippen LogP contribution in [0.1, 0.15) is 51.4 Å². The molecular formula is C12H21O2. The summed E-state index contributed by atoms with van der Waals surface area (Å²) in [7, 11) is 0. The van der Waals surface area contributed by atoms with E-state index >= 15 is 0 Å². The van der Waals surface area contributed by atoms with E-state index in [9.17, 15) is 4.79 Å². The third kappa shape index (κ3) is 11.2. The molecule has 0 spiro atoms. The number of allylic oxidation sites excluding steroid dienone is 1. The van der Waals surface area contributed by atoms with E-state index in [1.54, 1.807) is 0 Å². The number of hydrogen-bond donors (Lipinski definition) is 0. The second-order valence-electron chi connectivity index (χ2n) is 3.48. The molecule has 0 amide bonds. The van der Waals surface area contributed by atoms with E-state index in [2.05, 4.69) is 11.3 Å². The van der Waals surface area contributed by atoms with Gasteiger partial charge in [-0.15, -0.1) is 6.58 Å². The quantitative estimate of drug-likeness (QED) is 0.375. The summed E-state index contributed by atoms with van der Waals surface area (Å²) in [6, 6.07) is 0. The smallest absolute Gasteiger partial charge is 0.417 e. The molecule has 0 heterocycles. The molecule has 0 fully saturated rings. The van der Waals surface area contributed by atoms with Crippen molar-refractivity contribution in [2.45, 2.75) is 51.4 Å². The largest absolute Gasteiger partial charge is 0.457 e. The summed E-state index contributed by atoms with van der Waals surface area (Å²) < 4.78 is 4.48. The maximum atomic E-state index is 9.69. The molecule has 0 aliphatic rings. The van der Waals surface area contributed by atoms with Crippen LogP contribution in [-0.2, 0) is 9.53 Å². The molecule has 0 aromatic carbocycles. The minimum absolute atomic E-state index is 0.528. The van der Waals surface area contributed by atoms with Gasteiger partial charge in [0, 0.05) is 0 Å². The lowest BCUT2D eigenvalue weighted by Gasteiger charge is -2.00. The highest BCUT2D eigenvalue weighted by Crippen LogP contribution is 2.08. The number of unbranched alkanes of at least 4 members (excludes halogenated alkanes) is 7. The van der Waals surface area contributed by atoms with Crippen LogP contribution in [0.2, 0.25) is 0 Å².